The van der Waals surface area contributed by atoms with E-state index >= 15 is 0 Å². The van der Waals surface area contributed by atoms with Crippen LogP contribution in [0.25, 0.3) is 5.70 Å². The Bertz CT molecular complexity index is 552. The van der Waals surface area contributed by atoms with E-state index in [9.17, 15) is 0 Å². The summed E-state index contributed by atoms with van der Waals surface area (Å²) in [6, 6.07) is 8.15. The van der Waals surface area contributed by atoms with Crippen LogP contribution >= 0.6 is 0 Å². The molecule has 100 valence electrons. The van der Waals surface area contributed by atoms with Gasteiger partial charge in [-0.3, -0.25) is 0 Å². The second-order valence-corrected chi connectivity index (χ2v) is 4.66. The molecule has 0 unspecified atom stereocenters. The maximum absolute atomic E-state index is 5.85. The first kappa shape index (κ1) is 13.4. The SMILES string of the molecule is CCCOc1ccccc1C(=C(C)C)n1ccnc1. The van der Waals surface area contributed by atoms with Gasteiger partial charge in [0.15, 0.2) is 0 Å². The summed E-state index contributed by atoms with van der Waals surface area (Å²) in [5, 5.41) is 0. The van der Waals surface area contributed by atoms with Gasteiger partial charge in [-0.15, -0.1) is 0 Å². The third-order valence-electron chi connectivity index (χ3n) is 2.84. The predicted molar refractivity (Wildman–Crippen MR) is 78.1 cm³/mol. The number of aromatic nitrogens is 2. The molecule has 1 aromatic heterocycles. The summed E-state index contributed by atoms with van der Waals surface area (Å²) in [5.41, 5.74) is 3.46. The Balaban J connectivity index is 2.47. The first-order valence-electron chi connectivity index (χ1n) is 6.62. The van der Waals surface area contributed by atoms with E-state index in [1.807, 2.05) is 35.3 Å². The number of ether oxygens (including phenoxy) is 1. The van der Waals surface area contributed by atoms with Gasteiger partial charge in [-0.1, -0.05) is 24.6 Å². The Morgan fingerprint density at radius 2 is 2.05 bits per heavy atom. The van der Waals surface area contributed by atoms with Crippen molar-refractivity contribution in [1.29, 1.82) is 0 Å². The molecule has 2 rings (SSSR count). The quantitative estimate of drug-likeness (QED) is 0.809. The molecule has 0 N–H and O–H groups in total. The number of para-hydroxylation sites is 1. The molecule has 2 aromatic rings. The first-order chi connectivity index (χ1) is 9.24. The smallest absolute Gasteiger partial charge is 0.128 e. The molecule has 0 atom stereocenters. The Morgan fingerprint density at radius 1 is 1.26 bits per heavy atom. The van der Waals surface area contributed by atoms with E-state index in [0.29, 0.717) is 0 Å². The number of rotatable bonds is 5. The molecule has 0 saturated carbocycles. The summed E-state index contributed by atoms with van der Waals surface area (Å²) in [5.74, 6) is 0.925. The van der Waals surface area contributed by atoms with Gasteiger partial charge in [0.25, 0.3) is 0 Å². The minimum Gasteiger partial charge on any atom is -0.493 e. The van der Waals surface area contributed by atoms with Crippen LogP contribution in [0.1, 0.15) is 32.8 Å². The fraction of sp³-hybridized carbons (Fsp3) is 0.312. The second kappa shape index (κ2) is 6.23. The number of nitrogens with zero attached hydrogens (tertiary/aromatic N) is 2. The van der Waals surface area contributed by atoms with E-state index in [0.717, 1.165) is 30.0 Å². The third kappa shape index (κ3) is 3.05. The molecular formula is C16H20N2O. The van der Waals surface area contributed by atoms with E-state index in [4.69, 9.17) is 4.74 Å². The maximum Gasteiger partial charge on any atom is 0.128 e. The van der Waals surface area contributed by atoms with Gasteiger partial charge in [0.1, 0.15) is 5.75 Å². The fourth-order valence-corrected chi connectivity index (χ4v) is 2.06. The number of hydrogen-bond acceptors (Lipinski definition) is 2. The molecule has 0 aliphatic carbocycles. The van der Waals surface area contributed by atoms with Gasteiger partial charge < -0.3 is 9.30 Å². The zero-order valence-electron chi connectivity index (χ0n) is 11.8. The Labute approximate surface area is 114 Å². The summed E-state index contributed by atoms with van der Waals surface area (Å²) in [4.78, 5) is 4.13. The van der Waals surface area contributed by atoms with Gasteiger partial charge in [0.05, 0.1) is 18.6 Å². The van der Waals surface area contributed by atoms with E-state index in [2.05, 4.69) is 31.8 Å². The molecule has 0 aliphatic rings. The minimum atomic E-state index is 0.733. The molecule has 0 radical (unpaired) electrons. The molecule has 0 spiro atoms. The second-order valence-electron chi connectivity index (χ2n) is 4.66. The minimum absolute atomic E-state index is 0.733. The van der Waals surface area contributed by atoms with Crippen LogP contribution in [0.2, 0.25) is 0 Å². The molecule has 1 aromatic carbocycles. The Hall–Kier alpha value is -2.03. The Kier molecular flexibility index (Phi) is 4.39. The predicted octanol–water partition coefficient (Wildman–Crippen LogP) is 3.97. The van der Waals surface area contributed by atoms with Crippen LogP contribution in [-0.2, 0) is 0 Å². The number of hydrogen-bond donors (Lipinski definition) is 0. The van der Waals surface area contributed by atoms with Crippen molar-refractivity contribution >= 4 is 5.70 Å². The zero-order chi connectivity index (χ0) is 13.7. The summed E-state index contributed by atoms with van der Waals surface area (Å²) >= 11 is 0. The van der Waals surface area contributed by atoms with Gasteiger partial charge >= 0.3 is 0 Å². The van der Waals surface area contributed by atoms with Crippen molar-refractivity contribution in [2.75, 3.05) is 6.61 Å². The van der Waals surface area contributed by atoms with Crippen molar-refractivity contribution in [3.05, 3.63) is 54.1 Å². The molecule has 0 aliphatic heterocycles. The van der Waals surface area contributed by atoms with Gasteiger partial charge in [-0.2, -0.15) is 0 Å². The van der Waals surface area contributed by atoms with Crippen molar-refractivity contribution in [1.82, 2.24) is 9.55 Å². The van der Waals surface area contributed by atoms with Crippen molar-refractivity contribution in [3.8, 4) is 5.75 Å². The molecule has 1 heterocycles. The van der Waals surface area contributed by atoms with Gasteiger partial charge in [-0.05, 0) is 32.4 Å². The lowest BCUT2D eigenvalue weighted by molar-refractivity contribution is 0.316. The monoisotopic (exact) mass is 256 g/mol. The van der Waals surface area contributed by atoms with Crippen LogP contribution in [-0.4, -0.2) is 16.2 Å². The van der Waals surface area contributed by atoms with Crippen LogP contribution in [0.4, 0.5) is 0 Å². The molecule has 3 heteroatoms. The van der Waals surface area contributed by atoms with Crippen molar-refractivity contribution < 1.29 is 4.74 Å². The summed E-state index contributed by atoms with van der Waals surface area (Å²) in [6.07, 6.45) is 6.57. The van der Waals surface area contributed by atoms with Crippen LogP contribution in [0.3, 0.4) is 0 Å². The van der Waals surface area contributed by atoms with Crippen molar-refractivity contribution in [2.45, 2.75) is 27.2 Å². The largest absolute Gasteiger partial charge is 0.493 e. The number of benzene rings is 1. The van der Waals surface area contributed by atoms with Crippen molar-refractivity contribution in [2.24, 2.45) is 0 Å². The normalized spacial score (nSPS) is 10.3. The molecule has 0 fully saturated rings. The van der Waals surface area contributed by atoms with E-state index < -0.39 is 0 Å². The fourth-order valence-electron chi connectivity index (χ4n) is 2.06. The van der Waals surface area contributed by atoms with Crippen LogP contribution in [0.15, 0.2) is 48.6 Å². The van der Waals surface area contributed by atoms with E-state index in [1.165, 1.54) is 5.57 Å². The lowest BCUT2D eigenvalue weighted by Gasteiger charge is -2.16. The van der Waals surface area contributed by atoms with E-state index in [1.54, 1.807) is 6.20 Å². The number of imidazole rings is 1. The summed E-state index contributed by atoms with van der Waals surface area (Å²) in [6.45, 7) is 7.05. The van der Waals surface area contributed by atoms with E-state index in [-0.39, 0.29) is 0 Å². The van der Waals surface area contributed by atoms with Crippen LogP contribution < -0.4 is 4.74 Å². The molecular weight excluding hydrogens is 236 g/mol. The van der Waals surface area contributed by atoms with Crippen LogP contribution in [0, 0.1) is 0 Å². The summed E-state index contributed by atoms with van der Waals surface area (Å²) < 4.78 is 7.88. The molecule has 19 heavy (non-hydrogen) atoms. The third-order valence-corrected chi connectivity index (χ3v) is 2.84. The lowest BCUT2D eigenvalue weighted by Crippen LogP contribution is -2.03. The number of allylic oxidation sites excluding steroid dienone is 1. The average Bonchev–Trinajstić information content (AvgIpc) is 2.91. The Morgan fingerprint density at radius 3 is 2.68 bits per heavy atom. The van der Waals surface area contributed by atoms with Gasteiger partial charge in [-0.25, -0.2) is 4.98 Å². The average molecular weight is 256 g/mol. The lowest BCUT2D eigenvalue weighted by atomic mass is 10.1. The standard InChI is InChI=1S/C16H20N2O/c1-4-11-19-15-8-6-5-7-14(15)16(13(2)3)18-10-9-17-12-18/h5-10,12H,4,11H2,1-3H3. The van der Waals surface area contributed by atoms with Gasteiger partial charge in [0.2, 0.25) is 0 Å². The molecule has 0 bridgehead atoms. The summed E-state index contributed by atoms with van der Waals surface area (Å²) in [7, 11) is 0. The first-order valence-corrected chi connectivity index (χ1v) is 6.62. The van der Waals surface area contributed by atoms with Crippen LogP contribution in [0.5, 0.6) is 5.75 Å². The van der Waals surface area contributed by atoms with Crippen molar-refractivity contribution in [3.63, 3.8) is 0 Å². The highest BCUT2D eigenvalue weighted by Gasteiger charge is 2.11. The highest BCUT2D eigenvalue weighted by atomic mass is 16.5. The van der Waals surface area contributed by atoms with Gasteiger partial charge in [0, 0.05) is 18.0 Å². The highest BCUT2D eigenvalue weighted by Crippen LogP contribution is 2.29. The zero-order valence-corrected chi connectivity index (χ0v) is 11.8. The topological polar surface area (TPSA) is 27.1 Å². The molecule has 0 amide bonds. The molecule has 0 saturated heterocycles. The maximum atomic E-state index is 5.85. The highest BCUT2D eigenvalue weighted by molar-refractivity contribution is 5.72. The molecule has 3 nitrogen and oxygen atoms in total.